The van der Waals surface area contributed by atoms with Gasteiger partial charge in [0.05, 0.1) is 6.42 Å². The average molecular weight is 486 g/mol. The molecule has 2 aromatic carbocycles. The average Bonchev–Trinajstić information content (AvgIpc) is 2.96. The SMILES string of the molecule is CN=C(NCCN1C(=O)Cc2ccccc21)NCc1ccc(F)c(F)c1.I. The van der Waals surface area contributed by atoms with Gasteiger partial charge in [0, 0.05) is 32.4 Å². The van der Waals surface area contributed by atoms with Crippen LogP contribution in [0.4, 0.5) is 14.5 Å². The van der Waals surface area contributed by atoms with Crippen LogP contribution in [0.5, 0.6) is 0 Å². The van der Waals surface area contributed by atoms with E-state index in [1.165, 1.54) is 6.07 Å². The Morgan fingerprint density at radius 3 is 2.67 bits per heavy atom. The van der Waals surface area contributed by atoms with Crippen molar-refractivity contribution in [2.24, 2.45) is 4.99 Å². The Labute approximate surface area is 173 Å². The van der Waals surface area contributed by atoms with Gasteiger partial charge in [0.1, 0.15) is 0 Å². The van der Waals surface area contributed by atoms with Crippen LogP contribution in [0.2, 0.25) is 0 Å². The van der Waals surface area contributed by atoms with Crippen LogP contribution < -0.4 is 15.5 Å². The Balaban J connectivity index is 0.00000261. The minimum atomic E-state index is -0.876. The van der Waals surface area contributed by atoms with Crippen molar-refractivity contribution in [1.29, 1.82) is 0 Å². The first kappa shape index (κ1) is 21.1. The predicted molar refractivity (Wildman–Crippen MR) is 112 cm³/mol. The standard InChI is InChI=1S/C19H20F2N4O.HI/c1-22-19(24-12-13-6-7-15(20)16(21)10-13)23-8-9-25-17-5-3-2-4-14(17)11-18(25)26;/h2-7,10H,8-9,11-12H2,1H3,(H2,22,23,24);1H. The Morgan fingerprint density at radius 1 is 1.15 bits per heavy atom. The monoisotopic (exact) mass is 486 g/mol. The van der Waals surface area contributed by atoms with E-state index in [-0.39, 0.29) is 29.9 Å². The second kappa shape index (κ2) is 9.63. The molecular weight excluding hydrogens is 465 g/mol. The summed E-state index contributed by atoms with van der Waals surface area (Å²) in [5, 5.41) is 6.16. The molecule has 1 aliphatic rings. The lowest BCUT2D eigenvalue weighted by molar-refractivity contribution is -0.117. The molecule has 1 heterocycles. The van der Waals surface area contributed by atoms with E-state index in [9.17, 15) is 13.6 Å². The van der Waals surface area contributed by atoms with Crippen molar-refractivity contribution >= 4 is 41.5 Å². The Kier molecular flexibility index (Phi) is 7.52. The number of hydrogen-bond acceptors (Lipinski definition) is 2. The topological polar surface area (TPSA) is 56.7 Å². The van der Waals surface area contributed by atoms with Crippen LogP contribution in [-0.2, 0) is 17.8 Å². The number of amides is 1. The van der Waals surface area contributed by atoms with Crippen molar-refractivity contribution in [1.82, 2.24) is 10.6 Å². The van der Waals surface area contributed by atoms with Gasteiger partial charge in [-0.25, -0.2) is 8.78 Å². The summed E-state index contributed by atoms with van der Waals surface area (Å²) in [7, 11) is 1.62. The van der Waals surface area contributed by atoms with Gasteiger partial charge in [-0.2, -0.15) is 0 Å². The number of nitrogens with one attached hydrogen (secondary N) is 2. The van der Waals surface area contributed by atoms with Crippen molar-refractivity contribution in [3.63, 3.8) is 0 Å². The normalized spacial score (nSPS) is 13.2. The fourth-order valence-electron chi connectivity index (χ4n) is 2.90. The first-order valence-electron chi connectivity index (χ1n) is 8.35. The Hall–Kier alpha value is -2.23. The fourth-order valence-corrected chi connectivity index (χ4v) is 2.90. The van der Waals surface area contributed by atoms with Crippen molar-refractivity contribution in [3.05, 3.63) is 65.2 Å². The molecule has 0 aromatic heterocycles. The minimum Gasteiger partial charge on any atom is -0.355 e. The third-order valence-electron chi connectivity index (χ3n) is 4.22. The first-order valence-corrected chi connectivity index (χ1v) is 8.35. The molecule has 1 amide bonds. The molecule has 0 atom stereocenters. The van der Waals surface area contributed by atoms with Crippen LogP contribution >= 0.6 is 24.0 Å². The molecule has 2 N–H and O–H groups in total. The molecule has 0 fully saturated rings. The maximum Gasteiger partial charge on any atom is 0.231 e. The van der Waals surface area contributed by atoms with Gasteiger partial charge >= 0.3 is 0 Å². The molecule has 0 saturated carbocycles. The summed E-state index contributed by atoms with van der Waals surface area (Å²) in [6, 6.07) is 11.5. The van der Waals surface area contributed by atoms with Gasteiger partial charge in [0.15, 0.2) is 17.6 Å². The molecule has 27 heavy (non-hydrogen) atoms. The first-order chi connectivity index (χ1) is 12.6. The number of guanidine groups is 1. The maximum atomic E-state index is 13.2. The summed E-state index contributed by atoms with van der Waals surface area (Å²) in [5.41, 5.74) is 2.60. The number of benzene rings is 2. The highest BCUT2D eigenvalue weighted by atomic mass is 127. The molecule has 0 unspecified atom stereocenters. The largest absolute Gasteiger partial charge is 0.355 e. The molecule has 0 bridgehead atoms. The molecular formula is C19H21F2IN4O. The second-order valence-corrected chi connectivity index (χ2v) is 5.95. The number of aliphatic imine (C=N–C) groups is 1. The van der Waals surface area contributed by atoms with Crippen molar-refractivity contribution in [3.8, 4) is 0 Å². The molecule has 2 aromatic rings. The summed E-state index contributed by atoms with van der Waals surface area (Å²) in [4.78, 5) is 18.0. The van der Waals surface area contributed by atoms with Crippen LogP contribution in [0.3, 0.4) is 0 Å². The molecule has 3 rings (SSSR count). The van der Waals surface area contributed by atoms with Crippen LogP contribution in [0.25, 0.3) is 0 Å². The third kappa shape index (κ3) is 5.15. The highest BCUT2D eigenvalue weighted by molar-refractivity contribution is 14.0. The number of anilines is 1. The lowest BCUT2D eigenvalue weighted by Crippen LogP contribution is -2.42. The van der Waals surface area contributed by atoms with Gasteiger partial charge in [0.25, 0.3) is 0 Å². The number of carbonyl (C=O) groups excluding carboxylic acids is 1. The van der Waals surface area contributed by atoms with Crippen LogP contribution in [0.1, 0.15) is 11.1 Å². The maximum absolute atomic E-state index is 13.2. The number of rotatable bonds is 5. The highest BCUT2D eigenvalue weighted by Crippen LogP contribution is 2.27. The number of halogens is 3. The number of fused-ring (bicyclic) bond motifs is 1. The number of carbonyl (C=O) groups is 1. The minimum absolute atomic E-state index is 0. The van der Waals surface area contributed by atoms with Gasteiger partial charge < -0.3 is 15.5 Å². The number of nitrogens with zero attached hydrogens (tertiary/aromatic N) is 2. The van der Waals surface area contributed by atoms with Gasteiger partial charge in [-0.15, -0.1) is 24.0 Å². The third-order valence-corrected chi connectivity index (χ3v) is 4.22. The van der Waals surface area contributed by atoms with E-state index in [4.69, 9.17) is 0 Å². The van der Waals surface area contributed by atoms with Gasteiger partial charge in [-0.05, 0) is 29.3 Å². The molecule has 1 aliphatic heterocycles. The van der Waals surface area contributed by atoms with E-state index >= 15 is 0 Å². The van der Waals surface area contributed by atoms with Gasteiger partial charge in [-0.1, -0.05) is 24.3 Å². The Bertz CT molecular complexity index is 844. The Morgan fingerprint density at radius 2 is 1.93 bits per heavy atom. The molecule has 8 heteroatoms. The van der Waals surface area contributed by atoms with Crippen LogP contribution in [0.15, 0.2) is 47.5 Å². The summed E-state index contributed by atoms with van der Waals surface area (Å²) in [6.07, 6.45) is 0.430. The second-order valence-electron chi connectivity index (χ2n) is 5.95. The molecule has 0 saturated heterocycles. The predicted octanol–water partition coefficient (Wildman–Crippen LogP) is 2.84. The van der Waals surface area contributed by atoms with Crippen molar-refractivity contribution < 1.29 is 13.6 Å². The molecule has 144 valence electrons. The summed E-state index contributed by atoms with van der Waals surface area (Å²) in [6.45, 7) is 1.33. The lowest BCUT2D eigenvalue weighted by atomic mass is 10.2. The van der Waals surface area contributed by atoms with E-state index in [0.717, 1.165) is 23.4 Å². The number of hydrogen-bond donors (Lipinski definition) is 2. The molecule has 5 nitrogen and oxygen atoms in total. The van der Waals surface area contributed by atoms with E-state index in [2.05, 4.69) is 15.6 Å². The van der Waals surface area contributed by atoms with Crippen molar-refractivity contribution in [2.45, 2.75) is 13.0 Å². The lowest BCUT2D eigenvalue weighted by Gasteiger charge is -2.19. The quantitative estimate of drug-likeness (QED) is 0.389. The summed E-state index contributed by atoms with van der Waals surface area (Å²) in [5.74, 6) is -1.14. The van der Waals surface area contributed by atoms with Crippen LogP contribution in [-0.4, -0.2) is 32.0 Å². The highest BCUT2D eigenvalue weighted by Gasteiger charge is 2.26. The smallest absolute Gasteiger partial charge is 0.231 e. The van der Waals surface area contributed by atoms with Crippen LogP contribution in [0, 0.1) is 11.6 Å². The van der Waals surface area contributed by atoms with E-state index < -0.39 is 11.6 Å². The summed E-state index contributed by atoms with van der Waals surface area (Å²) < 4.78 is 26.2. The zero-order chi connectivity index (χ0) is 18.5. The molecule has 0 spiro atoms. The fraction of sp³-hybridized carbons (Fsp3) is 0.263. The number of para-hydroxylation sites is 1. The van der Waals surface area contributed by atoms with E-state index in [1.54, 1.807) is 11.9 Å². The zero-order valence-corrected chi connectivity index (χ0v) is 17.2. The summed E-state index contributed by atoms with van der Waals surface area (Å²) >= 11 is 0. The van der Waals surface area contributed by atoms with E-state index in [1.807, 2.05) is 24.3 Å². The van der Waals surface area contributed by atoms with E-state index in [0.29, 0.717) is 37.6 Å². The molecule has 0 aliphatic carbocycles. The molecule has 0 radical (unpaired) electrons. The van der Waals surface area contributed by atoms with Gasteiger partial charge in [0.2, 0.25) is 5.91 Å². The van der Waals surface area contributed by atoms with Gasteiger partial charge in [-0.3, -0.25) is 9.79 Å². The zero-order valence-electron chi connectivity index (χ0n) is 14.8. The van der Waals surface area contributed by atoms with Crippen molar-refractivity contribution in [2.75, 3.05) is 25.0 Å².